The second-order valence-electron chi connectivity index (χ2n) is 5.23. The summed E-state index contributed by atoms with van der Waals surface area (Å²) in [5.74, 6) is 0.593. The van der Waals surface area contributed by atoms with Crippen LogP contribution in [0.25, 0.3) is 22.6 Å². The average Bonchev–Trinajstić information content (AvgIpc) is 3.30. The Bertz CT molecular complexity index is 1010. The fraction of sp³-hybridized carbons (Fsp3) is 0.0588. The number of benzene rings is 1. The van der Waals surface area contributed by atoms with Gasteiger partial charge in [0.15, 0.2) is 11.4 Å². The van der Waals surface area contributed by atoms with E-state index in [-0.39, 0.29) is 5.95 Å². The Morgan fingerprint density at radius 1 is 1.16 bits per heavy atom. The number of fused-ring (bicyclic) bond motifs is 1. The lowest BCUT2D eigenvalue weighted by atomic mass is 10.2. The van der Waals surface area contributed by atoms with E-state index in [0.717, 1.165) is 5.56 Å². The van der Waals surface area contributed by atoms with Crippen molar-refractivity contribution in [2.45, 2.75) is 6.23 Å². The molecule has 0 aliphatic heterocycles. The number of nitrogens with zero attached hydrogens (tertiary/aromatic N) is 4. The number of nitrogens with two attached hydrogens (primary N) is 1. The van der Waals surface area contributed by atoms with Crippen LogP contribution in [0.1, 0.15) is 11.8 Å². The van der Waals surface area contributed by atoms with Gasteiger partial charge in [0, 0.05) is 5.56 Å². The summed E-state index contributed by atoms with van der Waals surface area (Å²) in [4.78, 5) is 23.9. The maximum atomic E-state index is 11.0. The van der Waals surface area contributed by atoms with E-state index in [0.29, 0.717) is 29.1 Å². The van der Waals surface area contributed by atoms with E-state index in [4.69, 9.17) is 14.9 Å². The molecule has 0 bridgehead atoms. The van der Waals surface area contributed by atoms with E-state index < -0.39 is 6.23 Å². The van der Waals surface area contributed by atoms with Gasteiger partial charge in [-0.15, -0.1) is 0 Å². The summed E-state index contributed by atoms with van der Waals surface area (Å²) in [5.41, 5.74) is 8.04. The molecule has 0 saturated carbocycles. The Kier molecular flexibility index (Phi) is 3.62. The highest BCUT2D eigenvalue weighted by atomic mass is 16.5. The molecule has 0 amide bonds. The van der Waals surface area contributed by atoms with Crippen LogP contribution in [0, 0.1) is 0 Å². The van der Waals surface area contributed by atoms with Crippen LogP contribution < -0.4 is 5.73 Å². The molecule has 1 aromatic carbocycles. The molecule has 8 heteroatoms. The van der Waals surface area contributed by atoms with Gasteiger partial charge in [-0.1, -0.05) is 30.3 Å². The van der Waals surface area contributed by atoms with Crippen molar-refractivity contribution in [2.75, 3.05) is 5.73 Å². The molecule has 0 aliphatic rings. The molecule has 0 spiro atoms. The zero-order chi connectivity index (χ0) is 17.2. The first-order chi connectivity index (χ1) is 12.3. The van der Waals surface area contributed by atoms with Crippen LogP contribution in [0.15, 0.2) is 59.5 Å². The van der Waals surface area contributed by atoms with Gasteiger partial charge >= 0.3 is 0 Å². The molecule has 8 nitrogen and oxygen atoms in total. The Morgan fingerprint density at radius 3 is 2.72 bits per heavy atom. The van der Waals surface area contributed by atoms with Crippen LogP contribution in [-0.2, 0) is 9.53 Å². The fourth-order valence-corrected chi connectivity index (χ4v) is 2.67. The minimum atomic E-state index is -0.720. The molecular weight excluding hydrogens is 322 g/mol. The molecule has 0 fully saturated rings. The molecule has 3 heterocycles. The van der Waals surface area contributed by atoms with Gasteiger partial charge in [-0.3, -0.25) is 9.36 Å². The largest absolute Gasteiger partial charge is 0.463 e. The Morgan fingerprint density at radius 2 is 2.00 bits per heavy atom. The van der Waals surface area contributed by atoms with E-state index in [1.165, 1.54) is 6.33 Å². The van der Waals surface area contributed by atoms with Gasteiger partial charge < -0.3 is 14.9 Å². The van der Waals surface area contributed by atoms with Crippen LogP contribution in [0.3, 0.4) is 0 Å². The zero-order valence-corrected chi connectivity index (χ0v) is 12.9. The maximum Gasteiger partial charge on any atom is 0.295 e. The maximum absolute atomic E-state index is 11.0. The van der Waals surface area contributed by atoms with Gasteiger partial charge in [-0.05, 0) is 12.1 Å². The van der Waals surface area contributed by atoms with Crippen LogP contribution >= 0.6 is 0 Å². The minimum Gasteiger partial charge on any atom is -0.463 e. The summed E-state index contributed by atoms with van der Waals surface area (Å²) in [6.07, 6.45) is 2.35. The first-order valence-electron chi connectivity index (χ1n) is 7.46. The lowest BCUT2D eigenvalue weighted by molar-refractivity contribution is -0.135. The molecule has 124 valence electrons. The predicted molar refractivity (Wildman–Crippen MR) is 89.2 cm³/mol. The molecule has 0 radical (unpaired) electrons. The molecule has 0 aliphatic carbocycles. The number of rotatable bonds is 5. The third-order valence-electron chi connectivity index (χ3n) is 3.72. The second-order valence-corrected chi connectivity index (χ2v) is 5.23. The van der Waals surface area contributed by atoms with Crippen molar-refractivity contribution in [3.05, 3.63) is 60.6 Å². The van der Waals surface area contributed by atoms with Crippen molar-refractivity contribution in [1.82, 2.24) is 19.5 Å². The molecule has 4 aromatic rings. The topological polar surface area (TPSA) is 109 Å². The molecule has 25 heavy (non-hydrogen) atoms. The fourth-order valence-electron chi connectivity index (χ4n) is 2.67. The van der Waals surface area contributed by atoms with Crippen LogP contribution in [-0.4, -0.2) is 26.0 Å². The first-order valence-corrected chi connectivity index (χ1v) is 7.46. The molecular formula is C17H13N5O3. The Hall–Kier alpha value is -3.68. The Balaban J connectivity index is 1.92. The van der Waals surface area contributed by atoms with Crippen LogP contribution in [0.2, 0.25) is 0 Å². The van der Waals surface area contributed by atoms with E-state index in [1.807, 2.05) is 30.3 Å². The van der Waals surface area contributed by atoms with Crippen LogP contribution in [0.5, 0.6) is 0 Å². The van der Waals surface area contributed by atoms with Crippen molar-refractivity contribution in [3.63, 3.8) is 0 Å². The average molecular weight is 335 g/mol. The van der Waals surface area contributed by atoms with E-state index in [9.17, 15) is 4.79 Å². The smallest absolute Gasteiger partial charge is 0.295 e. The predicted octanol–water partition coefficient (Wildman–Crippen LogP) is 2.39. The van der Waals surface area contributed by atoms with Crippen molar-refractivity contribution in [1.29, 1.82) is 0 Å². The SMILES string of the molecule is Nc1nc(-c2ccco2)c2ncn(C(OC=O)c3ccccc3)c2n1. The van der Waals surface area contributed by atoms with Gasteiger partial charge in [0.25, 0.3) is 6.47 Å². The number of aromatic nitrogens is 4. The van der Waals surface area contributed by atoms with Gasteiger partial charge in [0.05, 0.1) is 6.26 Å². The number of hydrogen-bond donors (Lipinski definition) is 1. The number of ether oxygens (including phenoxy) is 1. The number of anilines is 1. The van der Waals surface area contributed by atoms with Gasteiger partial charge in [0.2, 0.25) is 12.2 Å². The molecule has 2 N–H and O–H groups in total. The monoisotopic (exact) mass is 335 g/mol. The summed E-state index contributed by atoms with van der Waals surface area (Å²) in [6.45, 7) is 0.390. The quantitative estimate of drug-likeness (QED) is 0.558. The molecule has 1 unspecified atom stereocenters. The summed E-state index contributed by atoms with van der Waals surface area (Å²) in [7, 11) is 0. The number of hydrogen-bond acceptors (Lipinski definition) is 7. The highest BCUT2D eigenvalue weighted by Gasteiger charge is 2.22. The number of imidazole rings is 1. The van der Waals surface area contributed by atoms with Crippen molar-refractivity contribution >= 4 is 23.6 Å². The third kappa shape index (κ3) is 2.59. The van der Waals surface area contributed by atoms with Gasteiger partial charge in [0.1, 0.15) is 17.5 Å². The number of furan rings is 1. The van der Waals surface area contributed by atoms with Gasteiger partial charge in [-0.25, -0.2) is 9.97 Å². The third-order valence-corrected chi connectivity index (χ3v) is 3.72. The van der Waals surface area contributed by atoms with Crippen molar-refractivity contribution < 1.29 is 13.9 Å². The van der Waals surface area contributed by atoms with E-state index in [1.54, 1.807) is 23.0 Å². The number of carbonyl (C=O) groups is 1. The number of nitrogen functional groups attached to an aromatic ring is 1. The van der Waals surface area contributed by atoms with E-state index in [2.05, 4.69) is 15.0 Å². The molecule has 4 rings (SSSR count). The van der Waals surface area contributed by atoms with Crippen molar-refractivity contribution in [3.8, 4) is 11.5 Å². The molecule has 1 atom stereocenters. The summed E-state index contributed by atoms with van der Waals surface area (Å²) in [6, 6.07) is 12.8. The number of carbonyl (C=O) groups excluding carboxylic acids is 1. The summed E-state index contributed by atoms with van der Waals surface area (Å²) in [5, 5.41) is 0. The standard InChI is InChI=1S/C17H13N5O3/c18-17-20-13(12-7-4-8-24-12)14-15(21-17)22(9-19-14)16(25-10-23)11-5-2-1-3-6-11/h1-10,16H,(H2,18,20,21). The first kappa shape index (κ1) is 14.9. The normalized spacial score (nSPS) is 12.2. The highest BCUT2D eigenvalue weighted by Crippen LogP contribution is 2.29. The van der Waals surface area contributed by atoms with Crippen LogP contribution in [0.4, 0.5) is 5.95 Å². The lowest BCUT2D eigenvalue weighted by Crippen LogP contribution is -2.14. The van der Waals surface area contributed by atoms with Crippen molar-refractivity contribution in [2.24, 2.45) is 0 Å². The van der Waals surface area contributed by atoms with E-state index >= 15 is 0 Å². The summed E-state index contributed by atoms with van der Waals surface area (Å²) < 4.78 is 12.3. The second kappa shape index (κ2) is 6.08. The molecule has 3 aromatic heterocycles. The van der Waals surface area contributed by atoms with Gasteiger partial charge in [-0.2, -0.15) is 4.98 Å². The minimum absolute atomic E-state index is 0.0681. The Labute approximate surface area is 141 Å². The zero-order valence-electron chi connectivity index (χ0n) is 12.9. The highest BCUT2D eigenvalue weighted by molar-refractivity contribution is 5.86. The lowest BCUT2D eigenvalue weighted by Gasteiger charge is -2.17. The molecule has 0 saturated heterocycles. The summed E-state index contributed by atoms with van der Waals surface area (Å²) >= 11 is 0.